The summed E-state index contributed by atoms with van der Waals surface area (Å²) in [5.74, 6) is 1.07. The summed E-state index contributed by atoms with van der Waals surface area (Å²) in [6, 6.07) is 20.4. The largest absolute Gasteiger partial charge is 0.458 e. The summed E-state index contributed by atoms with van der Waals surface area (Å²) >= 11 is 0. The summed E-state index contributed by atoms with van der Waals surface area (Å²) in [5.41, 5.74) is 3.25. The Morgan fingerprint density at radius 2 is 1.41 bits per heavy atom. The summed E-state index contributed by atoms with van der Waals surface area (Å²) in [6.45, 7) is 3.78. The Balaban J connectivity index is 2.11. The van der Waals surface area contributed by atoms with Crippen LogP contribution in [0, 0.1) is 0 Å². The van der Waals surface area contributed by atoms with E-state index in [1.807, 2.05) is 43.3 Å². The lowest BCUT2D eigenvalue weighted by molar-refractivity contribution is -0.112. The molecule has 0 spiro atoms. The van der Waals surface area contributed by atoms with E-state index >= 15 is 0 Å². The maximum Gasteiger partial charge on any atom is 0.224 e. The number of carbonyl (C=O) groups excluding carboxylic acids is 1. The van der Waals surface area contributed by atoms with E-state index in [1.165, 1.54) is 0 Å². The minimum atomic E-state index is -0.0492. The van der Waals surface area contributed by atoms with Crippen molar-refractivity contribution in [2.45, 2.75) is 19.8 Å². The van der Waals surface area contributed by atoms with Crippen molar-refractivity contribution in [1.82, 2.24) is 0 Å². The highest BCUT2D eigenvalue weighted by Gasteiger charge is 2.26. The molecule has 1 aliphatic heterocycles. The van der Waals surface area contributed by atoms with Gasteiger partial charge in [-0.1, -0.05) is 60.7 Å². The van der Waals surface area contributed by atoms with Crippen molar-refractivity contribution >= 4 is 5.78 Å². The van der Waals surface area contributed by atoms with Gasteiger partial charge in [-0.25, -0.2) is 0 Å². The first-order valence-corrected chi connectivity index (χ1v) is 7.38. The normalized spacial score (nSPS) is 16.5. The van der Waals surface area contributed by atoms with Crippen molar-refractivity contribution < 1.29 is 9.53 Å². The molecular formula is C20H18O2. The Morgan fingerprint density at radius 1 is 0.909 bits per heavy atom. The highest BCUT2D eigenvalue weighted by molar-refractivity contribution is 6.05. The van der Waals surface area contributed by atoms with Gasteiger partial charge in [-0.15, -0.1) is 0 Å². The predicted octanol–water partition coefficient (Wildman–Crippen LogP) is 4.60. The third-order valence-corrected chi connectivity index (χ3v) is 3.88. The zero-order valence-corrected chi connectivity index (χ0v) is 12.7. The number of benzene rings is 2. The van der Waals surface area contributed by atoms with Crippen molar-refractivity contribution in [1.29, 1.82) is 0 Å². The van der Waals surface area contributed by atoms with Crippen LogP contribution < -0.4 is 0 Å². The average molecular weight is 290 g/mol. The van der Waals surface area contributed by atoms with E-state index in [4.69, 9.17) is 4.74 Å². The van der Waals surface area contributed by atoms with Gasteiger partial charge in [-0.2, -0.15) is 0 Å². The number of ether oxygens (including phenoxy) is 1. The first-order chi connectivity index (χ1) is 10.7. The number of hydrogen-bond donors (Lipinski definition) is 0. The first kappa shape index (κ1) is 14.3. The molecule has 0 unspecified atom stereocenters. The lowest BCUT2D eigenvalue weighted by Crippen LogP contribution is -2.08. The summed E-state index contributed by atoms with van der Waals surface area (Å²) in [4.78, 5) is 12.1. The van der Waals surface area contributed by atoms with E-state index in [2.05, 4.69) is 24.3 Å². The molecule has 2 aromatic rings. The molecule has 0 fully saturated rings. The van der Waals surface area contributed by atoms with Crippen LogP contribution in [-0.2, 0) is 9.53 Å². The first-order valence-electron chi connectivity index (χ1n) is 7.38. The smallest absolute Gasteiger partial charge is 0.224 e. The molecule has 0 N–H and O–H groups in total. The summed E-state index contributed by atoms with van der Waals surface area (Å²) in [7, 11) is 0. The number of allylic oxidation sites excluding steroid dienone is 3. The maximum atomic E-state index is 12.1. The van der Waals surface area contributed by atoms with Crippen LogP contribution in [0.1, 0.15) is 30.9 Å². The Labute approximate surface area is 130 Å². The van der Waals surface area contributed by atoms with Gasteiger partial charge < -0.3 is 4.74 Å². The molecule has 0 aliphatic carbocycles. The van der Waals surface area contributed by atoms with Gasteiger partial charge in [-0.3, -0.25) is 4.79 Å². The Kier molecular flexibility index (Phi) is 3.92. The third kappa shape index (κ3) is 2.73. The van der Waals surface area contributed by atoms with E-state index in [1.54, 1.807) is 13.0 Å². The fourth-order valence-corrected chi connectivity index (χ4v) is 2.88. The minimum absolute atomic E-state index is 0.0145. The molecule has 0 saturated carbocycles. The fraction of sp³-hybridized carbons (Fsp3) is 0.150. The zero-order chi connectivity index (χ0) is 15.5. The molecule has 0 radical (unpaired) electrons. The quantitative estimate of drug-likeness (QED) is 0.772. The van der Waals surface area contributed by atoms with Gasteiger partial charge in [0, 0.05) is 12.0 Å². The van der Waals surface area contributed by atoms with Crippen LogP contribution in [0.5, 0.6) is 0 Å². The van der Waals surface area contributed by atoms with Crippen molar-refractivity contribution in [2.24, 2.45) is 0 Å². The lowest BCUT2D eigenvalue weighted by atomic mass is 9.84. The highest BCUT2D eigenvalue weighted by Crippen LogP contribution is 2.35. The maximum absolute atomic E-state index is 12.1. The van der Waals surface area contributed by atoms with Gasteiger partial charge in [0.1, 0.15) is 5.76 Å². The standard InChI is InChI=1S/C20H18O2/c1-14-13-18(21)20(22-14)15(2)19(16-9-5-3-6-10-16)17-11-7-4-8-12-17/h3-13,19H,1-2H3/b20-15+. The molecule has 0 aromatic heterocycles. The van der Waals surface area contributed by atoms with E-state index in [0.717, 1.165) is 16.7 Å². The molecule has 2 nitrogen and oxygen atoms in total. The molecule has 1 heterocycles. The molecule has 2 heteroatoms. The second kappa shape index (κ2) is 6.02. The number of hydrogen-bond acceptors (Lipinski definition) is 2. The summed E-state index contributed by atoms with van der Waals surface area (Å²) in [5, 5.41) is 0. The van der Waals surface area contributed by atoms with Gasteiger partial charge >= 0.3 is 0 Å². The predicted molar refractivity (Wildman–Crippen MR) is 87.3 cm³/mol. The minimum Gasteiger partial charge on any atom is -0.458 e. The SMILES string of the molecule is CC1=CC(=O)/C(=C(/C)C(c2ccccc2)c2ccccc2)O1. The molecule has 0 bridgehead atoms. The van der Waals surface area contributed by atoms with Crippen LogP contribution in [0.15, 0.2) is 83.8 Å². The molecule has 2 aromatic carbocycles. The molecule has 110 valence electrons. The Hall–Kier alpha value is -2.61. The van der Waals surface area contributed by atoms with Crippen molar-refractivity contribution in [3.8, 4) is 0 Å². The second-order valence-corrected chi connectivity index (χ2v) is 5.49. The molecule has 0 atom stereocenters. The van der Waals surface area contributed by atoms with E-state index in [-0.39, 0.29) is 11.7 Å². The summed E-state index contributed by atoms with van der Waals surface area (Å²) < 4.78 is 5.65. The molecule has 22 heavy (non-hydrogen) atoms. The Bertz CT molecular complexity index is 700. The Morgan fingerprint density at radius 3 is 1.82 bits per heavy atom. The zero-order valence-electron chi connectivity index (χ0n) is 12.7. The molecule has 0 amide bonds. The molecule has 3 rings (SSSR count). The van der Waals surface area contributed by atoms with Crippen molar-refractivity contribution in [3.63, 3.8) is 0 Å². The second-order valence-electron chi connectivity index (χ2n) is 5.49. The highest BCUT2D eigenvalue weighted by atomic mass is 16.5. The number of rotatable bonds is 3. The average Bonchev–Trinajstić information content (AvgIpc) is 2.88. The van der Waals surface area contributed by atoms with Crippen LogP contribution in [0.4, 0.5) is 0 Å². The van der Waals surface area contributed by atoms with Crippen molar-refractivity contribution in [2.75, 3.05) is 0 Å². The van der Waals surface area contributed by atoms with E-state index in [9.17, 15) is 4.79 Å². The number of carbonyl (C=O) groups is 1. The van der Waals surface area contributed by atoms with E-state index < -0.39 is 0 Å². The number of ketones is 1. The topological polar surface area (TPSA) is 26.3 Å². The van der Waals surface area contributed by atoms with Crippen molar-refractivity contribution in [3.05, 3.63) is 95.0 Å². The van der Waals surface area contributed by atoms with Gasteiger partial charge in [0.05, 0.1) is 0 Å². The van der Waals surface area contributed by atoms with Crippen LogP contribution in [0.25, 0.3) is 0 Å². The van der Waals surface area contributed by atoms with Crippen LogP contribution in [0.3, 0.4) is 0 Å². The van der Waals surface area contributed by atoms with Gasteiger partial charge in [-0.05, 0) is 30.5 Å². The van der Waals surface area contributed by atoms with Crippen LogP contribution in [0.2, 0.25) is 0 Å². The van der Waals surface area contributed by atoms with E-state index in [0.29, 0.717) is 11.5 Å². The molecule has 1 aliphatic rings. The molecular weight excluding hydrogens is 272 g/mol. The third-order valence-electron chi connectivity index (χ3n) is 3.88. The van der Waals surface area contributed by atoms with Gasteiger partial charge in [0.25, 0.3) is 0 Å². The van der Waals surface area contributed by atoms with Crippen LogP contribution >= 0.6 is 0 Å². The monoisotopic (exact) mass is 290 g/mol. The lowest BCUT2D eigenvalue weighted by Gasteiger charge is -2.20. The van der Waals surface area contributed by atoms with Gasteiger partial charge in [0.15, 0.2) is 5.76 Å². The molecule has 0 saturated heterocycles. The van der Waals surface area contributed by atoms with Gasteiger partial charge in [0.2, 0.25) is 5.78 Å². The fourth-order valence-electron chi connectivity index (χ4n) is 2.88. The summed E-state index contributed by atoms with van der Waals surface area (Å²) in [6.07, 6.45) is 1.55. The van der Waals surface area contributed by atoms with Crippen LogP contribution in [-0.4, -0.2) is 5.78 Å².